The van der Waals surface area contributed by atoms with Crippen molar-refractivity contribution < 1.29 is 0 Å². The summed E-state index contributed by atoms with van der Waals surface area (Å²) < 4.78 is 2.27. The predicted molar refractivity (Wildman–Crippen MR) is 227 cm³/mol. The minimum absolute atomic E-state index is 0.204. The SMILES string of the molecule is c1ccc([C@@H]2c3ccccc3-c3ccc(-c4ccc5c(c4)c4cccnc4n5-c4ccc(-c5cc(-c6ccccn6)nc(-c6ccccn6)c5)cc4)cc32)cc1. The third-order valence-corrected chi connectivity index (χ3v) is 11.1. The highest BCUT2D eigenvalue weighted by molar-refractivity contribution is 6.09. The number of nitrogens with zero attached hydrogens (tertiary/aromatic N) is 5. The second-order valence-corrected chi connectivity index (χ2v) is 14.3. The molecular weight excluding hydrogens is 683 g/mol. The minimum Gasteiger partial charge on any atom is -0.294 e. The van der Waals surface area contributed by atoms with E-state index in [0.717, 1.165) is 56.1 Å². The molecule has 5 heterocycles. The molecule has 11 rings (SSSR count). The molecule has 10 aromatic rings. The highest BCUT2D eigenvalue weighted by Gasteiger charge is 2.30. The molecule has 0 saturated heterocycles. The molecule has 0 radical (unpaired) electrons. The Balaban J connectivity index is 0.995. The normalized spacial score (nSPS) is 13.2. The van der Waals surface area contributed by atoms with E-state index < -0.39 is 0 Å². The van der Waals surface area contributed by atoms with Gasteiger partial charge in [0.25, 0.3) is 0 Å². The zero-order valence-electron chi connectivity index (χ0n) is 30.3. The van der Waals surface area contributed by atoms with Crippen LogP contribution in [0.5, 0.6) is 0 Å². The van der Waals surface area contributed by atoms with Gasteiger partial charge in [-0.25, -0.2) is 9.97 Å². The molecule has 0 unspecified atom stereocenters. The van der Waals surface area contributed by atoms with Gasteiger partial charge in [0.05, 0.1) is 28.3 Å². The Kier molecular flexibility index (Phi) is 7.49. The van der Waals surface area contributed by atoms with Crippen LogP contribution in [0, 0.1) is 0 Å². The smallest absolute Gasteiger partial charge is 0.145 e. The summed E-state index contributed by atoms with van der Waals surface area (Å²) in [5, 5.41) is 2.30. The Labute approximate surface area is 324 Å². The van der Waals surface area contributed by atoms with Crippen LogP contribution >= 0.6 is 0 Å². The fourth-order valence-electron chi connectivity index (χ4n) is 8.47. The van der Waals surface area contributed by atoms with Gasteiger partial charge in [0.1, 0.15) is 5.65 Å². The molecule has 5 aromatic heterocycles. The van der Waals surface area contributed by atoms with Crippen molar-refractivity contribution in [3.05, 3.63) is 211 Å². The maximum Gasteiger partial charge on any atom is 0.145 e. The van der Waals surface area contributed by atoms with Gasteiger partial charge in [0.15, 0.2) is 0 Å². The van der Waals surface area contributed by atoms with E-state index in [0.29, 0.717) is 0 Å². The first kappa shape index (κ1) is 32.0. The van der Waals surface area contributed by atoms with Crippen LogP contribution in [0.15, 0.2) is 195 Å². The fraction of sp³-hybridized carbons (Fsp3) is 0.0196. The van der Waals surface area contributed by atoms with E-state index in [-0.39, 0.29) is 5.92 Å². The molecule has 1 aliphatic carbocycles. The van der Waals surface area contributed by atoms with Gasteiger partial charge in [0.2, 0.25) is 0 Å². The van der Waals surface area contributed by atoms with E-state index in [1.54, 1.807) is 12.4 Å². The van der Waals surface area contributed by atoms with E-state index >= 15 is 0 Å². The van der Waals surface area contributed by atoms with E-state index in [1.807, 2.05) is 48.7 Å². The highest BCUT2D eigenvalue weighted by Crippen LogP contribution is 2.49. The van der Waals surface area contributed by atoms with Crippen LogP contribution in [0.4, 0.5) is 0 Å². The summed E-state index contributed by atoms with van der Waals surface area (Å²) in [6.45, 7) is 0. The van der Waals surface area contributed by atoms with E-state index in [4.69, 9.17) is 9.97 Å². The van der Waals surface area contributed by atoms with Crippen molar-refractivity contribution in [3.63, 3.8) is 0 Å². The lowest BCUT2D eigenvalue weighted by molar-refractivity contribution is 1.02. The number of hydrogen-bond acceptors (Lipinski definition) is 4. The van der Waals surface area contributed by atoms with Crippen LogP contribution in [-0.4, -0.2) is 24.5 Å². The monoisotopic (exact) mass is 715 g/mol. The summed E-state index contributed by atoms with van der Waals surface area (Å²) >= 11 is 0. The average molecular weight is 716 g/mol. The zero-order chi connectivity index (χ0) is 37.0. The summed E-state index contributed by atoms with van der Waals surface area (Å²) in [5.41, 5.74) is 17.5. The third kappa shape index (κ3) is 5.32. The van der Waals surface area contributed by atoms with Gasteiger partial charge in [-0.05, 0) is 129 Å². The lowest BCUT2D eigenvalue weighted by atomic mass is 9.88. The van der Waals surface area contributed by atoms with Crippen molar-refractivity contribution >= 4 is 21.9 Å². The second kappa shape index (κ2) is 13.1. The number of fused-ring (bicyclic) bond motifs is 6. The van der Waals surface area contributed by atoms with Gasteiger partial charge < -0.3 is 0 Å². The van der Waals surface area contributed by atoms with E-state index in [1.165, 1.54) is 44.3 Å². The first-order chi connectivity index (χ1) is 27.8. The Bertz CT molecular complexity index is 3010. The first-order valence-corrected chi connectivity index (χ1v) is 18.9. The number of benzene rings is 5. The maximum atomic E-state index is 4.96. The second-order valence-electron chi connectivity index (χ2n) is 14.3. The van der Waals surface area contributed by atoms with Crippen molar-refractivity contribution in [2.75, 3.05) is 0 Å². The summed E-state index contributed by atoms with van der Waals surface area (Å²) in [4.78, 5) is 19.1. The minimum atomic E-state index is 0.204. The summed E-state index contributed by atoms with van der Waals surface area (Å²) in [7, 11) is 0. The summed E-state index contributed by atoms with van der Waals surface area (Å²) in [6.07, 6.45) is 5.48. The quantitative estimate of drug-likeness (QED) is 0.172. The molecule has 0 aliphatic heterocycles. The molecular formula is C51H33N5. The number of rotatable bonds is 6. The van der Waals surface area contributed by atoms with Gasteiger partial charge in [0, 0.05) is 41.0 Å². The number of aromatic nitrogens is 5. The topological polar surface area (TPSA) is 56.5 Å². The molecule has 5 heteroatoms. The molecule has 262 valence electrons. The van der Waals surface area contributed by atoms with Crippen LogP contribution < -0.4 is 0 Å². The van der Waals surface area contributed by atoms with E-state index in [2.05, 4.69) is 148 Å². The molecule has 1 aliphatic rings. The van der Waals surface area contributed by atoms with Crippen LogP contribution in [0.25, 0.3) is 83.8 Å². The number of hydrogen-bond donors (Lipinski definition) is 0. The lowest BCUT2D eigenvalue weighted by Gasteiger charge is -2.15. The molecule has 0 amide bonds. The molecule has 0 spiro atoms. The third-order valence-electron chi connectivity index (χ3n) is 11.1. The van der Waals surface area contributed by atoms with Crippen molar-refractivity contribution in [3.8, 4) is 61.8 Å². The fourth-order valence-corrected chi connectivity index (χ4v) is 8.47. The molecule has 0 bridgehead atoms. The van der Waals surface area contributed by atoms with Gasteiger partial charge >= 0.3 is 0 Å². The van der Waals surface area contributed by atoms with E-state index in [9.17, 15) is 0 Å². The van der Waals surface area contributed by atoms with Crippen molar-refractivity contribution in [1.82, 2.24) is 24.5 Å². The Morgan fingerprint density at radius 2 is 1.04 bits per heavy atom. The van der Waals surface area contributed by atoms with Gasteiger partial charge in [-0.2, -0.15) is 0 Å². The molecule has 0 fully saturated rings. The van der Waals surface area contributed by atoms with Gasteiger partial charge in [-0.1, -0.05) is 97.1 Å². The molecule has 0 saturated carbocycles. The lowest BCUT2D eigenvalue weighted by Crippen LogP contribution is -1.99. The zero-order valence-corrected chi connectivity index (χ0v) is 30.3. The van der Waals surface area contributed by atoms with Crippen LogP contribution in [-0.2, 0) is 0 Å². The van der Waals surface area contributed by atoms with Crippen molar-refractivity contribution in [2.24, 2.45) is 0 Å². The van der Waals surface area contributed by atoms with Crippen molar-refractivity contribution in [1.29, 1.82) is 0 Å². The Morgan fingerprint density at radius 3 is 1.79 bits per heavy atom. The summed E-state index contributed by atoms with van der Waals surface area (Å²) in [5.74, 6) is 0.204. The highest BCUT2D eigenvalue weighted by atomic mass is 15.0. The van der Waals surface area contributed by atoms with Crippen LogP contribution in [0.3, 0.4) is 0 Å². The van der Waals surface area contributed by atoms with Gasteiger partial charge in [-0.15, -0.1) is 0 Å². The predicted octanol–water partition coefficient (Wildman–Crippen LogP) is 12.2. The van der Waals surface area contributed by atoms with Crippen LogP contribution in [0.2, 0.25) is 0 Å². The molecule has 1 atom stereocenters. The first-order valence-electron chi connectivity index (χ1n) is 18.9. The largest absolute Gasteiger partial charge is 0.294 e. The standard InChI is InChI=1S/C51H33N5/c1-2-11-34(12-3-1)50-41-14-5-4-13-39(41)40-24-20-35(30-44(40)50)36-21-25-49-43(29-36)42-15-10-28-54-51(42)56(49)38-22-18-33(19-23-38)37-31-47(45-16-6-8-26-52-45)55-48(32-37)46-17-7-9-27-53-46/h1-32,50H/t50-/m1/s1. The Morgan fingerprint density at radius 1 is 0.393 bits per heavy atom. The van der Waals surface area contributed by atoms with Crippen molar-refractivity contribution in [2.45, 2.75) is 5.92 Å². The maximum absolute atomic E-state index is 4.96. The van der Waals surface area contributed by atoms with Crippen LogP contribution in [0.1, 0.15) is 22.6 Å². The molecule has 5 aromatic carbocycles. The Hall–Kier alpha value is -7.50. The molecule has 56 heavy (non-hydrogen) atoms. The average Bonchev–Trinajstić information content (AvgIpc) is 3.79. The van der Waals surface area contributed by atoms with Gasteiger partial charge in [-0.3, -0.25) is 14.5 Å². The summed E-state index contributed by atoms with van der Waals surface area (Å²) in [6, 6.07) is 62.5. The molecule has 5 nitrogen and oxygen atoms in total. The number of pyridine rings is 4. The molecule has 0 N–H and O–H groups in total.